The highest BCUT2D eigenvalue weighted by molar-refractivity contribution is 5.76. The van der Waals surface area contributed by atoms with Crippen LogP contribution in [0.25, 0.3) is 0 Å². The van der Waals surface area contributed by atoms with Gasteiger partial charge in [0.25, 0.3) is 0 Å². The summed E-state index contributed by atoms with van der Waals surface area (Å²) < 4.78 is 1.85. The van der Waals surface area contributed by atoms with E-state index < -0.39 is 12.0 Å². The molecule has 1 aromatic rings. The van der Waals surface area contributed by atoms with E-state index in [2.05, 4.69) is 16.9 Å². The molecule has 1 rings (SSSR count). The van der Waals surface area contributed by atoms with Gasteiger partial charge in [-0.1, -0.05) is 6.08 Å². The average Bonchev–Trinajstić information content (AvgIpc) is 2.64. The molecule has 1 aromatic heterocycles. The summed E-state index contributed by atoms with van der Waals surface area (Å²) in [6.45, 7) is 6.25. The second kappa shape index (κ2) is 5.19. The first-order chi connectivity index (χ1) is 7.19. The lowest BCUT2D eigenvalue weighted by atomic mass is 10.2. The summed E-state index contributed by atoms with van der Waals surface area (Å²) in [5.74, 6) is -0.327. The van der Waals surface area contributed by atoms with Gasteiger partial charge in [-0.25, -0.2) is 9.78 Å². The van der Waals surface area contributed by atoms with E-state index in [1.807, 2.05) is 11.5 Å². The van der Waals surface area contributed by atoms with Gasteiger partial charge in [-0.2, -0.15) is 0 Å². The molecule has 0 saturated heterocycles. The Morgan fingerprint density at radius 2 is 2.60 bits per heavy atom. The van der Waals surface area contributed by atoms with Gasteiger partial charge in [-0.05, 0) is 13.3 Å². The van der Waals surface area contributed by atoms with Crippen LogP contribution in [0.4, 0.5) is 5.95 Å². The Bertz CT molecular complexity index is 346. The summed E-state index contributed by atoms with van der Waals surface area (Å²) in [6.07, 6.45) is 5.38. The van der Waals surface area contributed by atoms with Crippen LogP contribution >= 0.6 is 0 Å². The smallest absolute Gasteiger partial charge is 0.326 e. The van der Waals surface area contributed by atoms with Crippen molar-refractivity contribution in [2.24, 2.45) is 0 Å². The van der Waals surface area contributed by atoms with Crippen LogP contribution < -0.4 is 5.32 Å². The van der Waals surface area contributed by atoms with Gasteiger partial charge in [0.05, 0.1) is 0 Å². The van der Waals surface area contributed by atoms with E-state index in [1.54, 1.807) is 18.5 Å². The molecule has 5 heteroatoms. The molecule has 1 unspecified atom stereocenters. The summed E-state index contributed by atoms with van der Waals surface area (Å²) in [5.41, 5.74) is 0. The van der Waals surface area contributed by atoms with Crippen molar-refractivity contribution in [3.05, 3.63) is 25.0 Å². The maximum absolute atomic E-state index is 10.9. The molecule has 82 valence electrons. The number of anilines is 1. The van der Waals surface area contributed by atoms with Crippen molar-refractivity contribution in [3.8, 4) is 0 Å². The second-order valence-electron chi connectivity index (χ2n) is 3.10. The lowest BCUT2D eigenvalue weighted by molar-refractivity contribution is -0.137. The Kier molecular flexibility index (Phi) is 3.91. The second-order valence-corrected chi connectivity index (χ2v) is 3.10. The minimum Gasteiger partial charge on any atom is -0.480 e. The van der Waals surface area contributed by atoms with Crippen LogP contribution in [0, 0.1) is 0 Å². The Labute approximate surface area is 88.4 Å². The van der Waals surface area contributed by atoms with Gasteiger partial charge in [-0.3, -0.25) is 0 Å². The first-order valence-corrected chi connectivity index (χ1v) is 4.80. The molecule has 0 aliphatic rings. The number of aryl methyl sites for hydroxylation is 1. The van der Waals surface area contributed by atoms with E-state index in [1.165, 1.54) is 0 Å². The molecule has 1 atom stereocenters. The van der Waals surface area contributed by atoms with Gasteiger partial charge < -0.3 is 15.0 Å². The third kappa shape index (κ3) is 2.83. The molecule has 5 nitrogen and oxygen atoms in total. The third-order valence-corrected chi connectivity index (χ3v) is 2.06. The highest BCUT2D eigenvalue weighted by Crippen LogP contribution is 2.08. The fourth-order valence-corrected chi connectivity index (χ4v) is 1.25. The summed E-state index contributed by atoms with van der Waals surface area (Å²) >= 11 is 0. The number of rotatable bonds is 6. The van der Waals surface area contributed by atoms with Crippen molar-refractivity contribution in [1.29, 1.82) is 0 Å². The minimum absolute atomic E-state index is 0.367. The maximum atomic E-state index is 10.9. The number of nitrogens with zero attached hydrogens (tertiary/aromatic N) is 2. The summed E-state index contributed by atoms with van der Waals surface area (Å²) in [5, 5.41) is 11.8. The SMILES string of the molecule is C=CCC(Nc1nccn1CC)C(=O)O. The molecular weight excluding hydrogens is 194 g/mol. The van der Waals surface area contributed by atoms with E-state index >= 15 is 0 Å². The maximum Gasteiger partial charge on any atom is 0.326 e. The highest BCUT2D eigenvalue weighted by atomic mass is 16.4. The van der Waals surface area contributed by atoms with Gasteiger partial charge in [-0.15, -0.1) is 6.58 Å². The first-order valence-electron chi connectivity index (χ1n) is 4.80. The molecule has 0 radical (unpaired) electrons. The monoisotopic (exact) mass is 209 g/mol. The topological polar surface area (TPSA) is 67.2 Å². The summed E-state index contributed by atoms with van der Waals surface area (Å²) in [4.78, 5) is 14.9. The quantitative estimate of drug-likeness (QED) is 0.694. The van der Waals surface area contributed by atoms with E-state index in [0.717, 1.165) is 6.54 Å². The van der Waals surface area contributed by atoms with Crippen molar-refractivity contribution >= 4 is 11.9 Å². The highest BCUT2D eigenvalue weighted by Gasteiger charge is 2.16. The van der Waals surface area contributed by atoms with E-state index in [4.69, 9.17) is 5.11 Å². The molecule has 0 bridgehead atoms. The largest absolute Gasteiger partial charge is 0.480 e. The van der Waals surface area contributed by atoms with Crippen LogP contribution in [0.15, 0.2) is 25.0 Å². The van der Waals surface area contributed by atoms with Crippen LogP contribution in [0.2, 0.25) is 0 Å². The van der Waals surface area contributed by atoms with Crippen LogP contribution in [0.3, 0.4) is 0 Å². The Balaban J connectivity index is 2.73. The molecule has 0 aliphatic heterocycles. The van der Waals surface area contributed by atoms with Crippen molar-refractivity contribution in [3.63, 3.8) is 0 Å². The number of hydrogen-bond acceptors (Lipinski definition) is 3. The Hall–Kier alpha value is -1.78. The van der Waals surface area contributed by atoms with Crippen LogP contribution in [0.1, 0.15) is 13.3 Å². The number of aromatic nitrogens is 2. The summed E-state index contributed by atoms with van der Waals surface area (Å²) in [6, 6.07) is -0.671. The van der Waals surface area contributed by atoms with Gasteiger partial charge >= 0.3 is 5.97 Å². The molecule has 0 amide bonds. The average molecular weight is 209 g/mol. The van der Waals surface area contributed by atoms with Crippen LogP contribution in [0.5, 0.6) is 0 Å². The fraction of sp³-hybridized carbons (Fsp3) is 0.400. The minimum atomic E-state index is -0.902. The molecule has 0 aromatic carbocycles. The van der Waals surface area contributed by atoms with E-state index in [9.17, 15) is 4.79 Å². The molecule has 0 aliphatic carbocycles. The lowest BCUT2D eigenvalue weighted by Crippen LogP contribution is -2.29. The van der Waals surface area contributed by atoms with Crippen molar-refractivity contribution in [2.75, 3.05) is 5.32 Å². The molecule has 0 fully saturated rings. The Morgan fingerprint density at radius 1 is 1.87 bits per heavy atom. The normalized spacial score (nSPS) is 12.1. The van der Waals surface area contributed by atoms with Crippen molar-refractivity contribution in [2.45, 2.75) is 25.9 Å². The molecular formula is C10H15N3O2. The fourth-order valence-electron chi connectivity index (χ4n) is 1.25. The predicted octanol–water partition coefficient (Wildman–Crippen LogP) is 1.34. The molecule has 0 spiro atoms. The van der Waals surface area contributed by atoms with Crippen LogP contribution in [-0.2, 0) is 11.3 Å². The number of carbonyl (C=O) groups is 1. The number of imidazole rings is 1. The van der Waals surface area contributed by atoms with Crippen molar-refractivity contribution < 1.29 is 9.90 Å². The van der Waals surface area contributed by atoms with E-state index in [0.29, 0.717) is 12.4 Å². The predicted molar refractivity (Wildman–Crippen MR) is 57.8 cm³/mol. The van der Waals surface area contributed by atoms with Crippen LogP contribution in [-0.4, -0.2) is 26.7 Å². The first kappa shape index (κ1) is 11.3. The number of hydrogen-bond donors (Lipinski definition) is 2. The number of aliphatic carboxylic acids is 1. The van der Waals surface area contributed by atoms with E-state index in [-0.39, 0.29) is 0 Å². The molecule has 15 heavy (non-hydrogen) atoms. The zero-order valence-electron chi connectivity index (χ0n) is 8.68. The lowest BCUT2D eigenvalue weighted by Gasteiger charge is -2.13. The molecule has 0 saturated carbocycles. The molecule has 2 N–H and O–H groups in total. The number of nitrogens with one attached hydrogen (secondary N) is 1. The number of carboxylic acids is 1. The summed E-state index contributed by atoms with van der Waals surface area (Å²) in [7, 11) is 0. The van der Waals surface area contributed by atoms with Gasteiger partial charge in [0.1, 0.15) is 6.04 Å². The zero-order chi connectivity index (χ0) is 11.3. The number of carboxylic acid groups (broad SMARTS) is 1. The molecule has 1 heterocycles. The zero-order valence-corrected chi connectivity index (χ0v) is 8.68. The van der Waals surface area contributed by atoms with Gasteiger partial charge in [0.15, 0.2) is 0 Å². The Morgan fingerprint density at radius 3 is 3.13 bits per heavy atom. The third-order valence-electron chi connectivity index (χ3n) is 2.06. The van der Waals surface area contributed by atoms with Gasteiger partial charge in [0, 0.05) is 18.9 Å². The standard InChI is InChI=1S/C10H15N3O2/c1-3-5-8(9(14)15)12-10-11-6-7-13(10)4-2/h3,6-8H,1,4-5H2,2H3,(H,11,12)(H,14,15). The van der Waals surface area contributed by atoms with Crippen molar-refractivity contribution in [1.82, 2.24) is 9.55 Å². The van der Waals surface area contributed by atoms with Gasteiger partial charge in [0.2, 0.25) is 5.95 Å².